The zero-order chi connectivity index (χ0) is 22.8. The summed E-state index contributed by atoms with van der Waals surface area (Å²) in [6.07, 6.45) is 4.42. The molecule has 1 heterocycles. The van der Waals surface area contributed by atoms with Gasteiger partial charge in [0.05, 0.1) is 18.8 Å². The number of rotatable bonds is 10. The van der Waals surface area contributed by atoms with E-state index >= 15 is 0 Å². The van der Waals surface area contributed by atoms with Gasteiger partial charge < -0.3 is 19.5 Å². The summed E-state index contributed by atoms with van der Waals surface area (Å²) in [5.74, 6) is -0.928. The maximum absolute atomic E-state index is 12.5. The summed E-state index contributed by atoms with van der Waals surface area (Å²) in [5.41, 5.74) is 1.34. The summed E-state index contributed by atoms with van der Waals surface area (Å²) in [7, 11) is 0. The molecule has 1 aromatic carbocycles. The van der Waals surface area contributed by atoms with Crippen LogP contribution in [0, 0.1) is 6.92 Å². The third kappa shape index (κ3) is 6.55. The number of nitrogens with one attached hydrogen (secondary N) is 1. The van der Waals surface area contributed by atoms with Crippen LogP contribution in [0.2, 0.25) is 0 Å². The number of hydrogen-bond acceptors (Lipinski definition) is 7. The van der Waals surface area contributed by atoms with E-state index in [1.54, 1.807) is 19.9 Å². The predicted octanol–water partition coefficient (Wildman–Crippen LogP) is 4.63. The molecule has 0 spiro atoms. The normalized spacial score (nSPS) is 10.5. The number of benzene rings is 1. The van der Waals surface area contributed by atoms with E-state index in [1.165, 1.54) is 12.2 Å². The molecule has 0 fully saturated rings. The SMILES string of the molecule is C=CCOC(=O)c1sc(NC(=O)/C=C/c2ccc(OCC)cc2)c(C(=O)OCC)c1C. The Balaban J connectivity index is 2.22. The van der Waals surface area contributed by atoms with Gasteiger partial charge in [-0.25, -0.2) is 9.59 Å². The fourth-order valence-electron chi connectivity index (χ4n) is 2.61. The van der Waals surface area contributed by atoms with Gasteiger partial charge in [0, 0.05) is 6.08 Å². The lowest BCUT2D eigenvalue weighted by molar-refractivity contribution is -0.111. The summed E-state index contributed by atoms with van der Waals surface area (Å²) in [5, 5.41) is 2.89. The van der Waals surface area contributed by atoms with Crippen LogP contribution < -0.4 is 10.1 Å². The molecule has 164 valence electrons. The van der Waals surface area contributed by atoms with Crippen molar-refractivity contribution in [3.63, 3.8) is 0 Å². The van der Waals surface area contributed by atoms with E-state index < -0.39 is 17.8 Å². The third-order valence-electron chi connectivity index (χ3n) is 4.00. The van der Waals surface area contributed by atoms with Crippen molar-refractivity contribution in [3.05, 3.63) is 64.6 Å². The molecular weight excluding hydrogens is 418 g/mol. The number of thiophene rings is 1. The van der Waals surface area contributed by atoms with Gasteiger partial charge in [-0.3, -0.25) is 4.79 Å². The number of carbonyl (C=O) groups is 3. The monoisotopic (exact) mass is 443 g/mol. The second kappa shape index (κ2) is 11.7. The fraction of sp³-hybridized carbons (Fsp3) is 0.261. The Labute approximate surface area is 185 Å². The van der Waals surface area contributed by atoms with Crippen molar-refractivity contribution in [2.24, 2.45) is 0 Å². The average molecular weight is 444 g/mol. The molecule has 1 N–H and O–H groups in total. The van der Waals surface area contributed by atoms with Gasteiger partial charge in [0.1, 0.15) is 22.2 Å². The lowest BCUT2D eigenvalue weighted by atomic mass is 10.1. The zero-order valence-corrected chi connectivity index (χ0v) is 18.5. The van der Waals surface area contributed by atoms with Gasteiger partial charge in [-0.15, -0.1) is 11.3 Å². The molecule has 0 aliphatic rings. The quantitative estimate of drug-likeness (QED) is 0.327. The van der Waals surface area contributed by atoms with Gasteiger partial charge in [-0.2, -0.15) is 0 Å². The van der Waals surface area contributed by atoms with E-state index in [9.17, 15) is 14.4 Å². The number of anilines is 1. The second-order valence-corrected chi connectivity index (χ2v) is 7.21. The van der Waals surface area contributed by atoms with E-state index in [4.69, 9.17) is 14.2 Å². The first kappa shape index (κ1) is 23.9. The smallest absolute Gasteiger partial charge is 0.348 e. The lowest BCUT2D eigenvalue weighted by Gasteiger charge is -2.05. The van der Waals surface area contributed by atoms with Crippen LogP contribution in [-0.2, 0) is 14.3 Å². The minimum absolute atomic E-state index is 0.0391. The van der Waals surface area contributed by atoms with Crippen LogP contribution in [0.15, 0.2) is 43.0 Å². The summed E-state index contributed by atoms with van der Waals surface area (Å²) in [6, 6.07) is 7.26. The number of esters is 2. The first-order valence-electron chi connectivity index (χ1n) is 9.71. The summed E-state index contributed by atoms with van der Waals surface area (Å²) >= 11 is 0.964. The van der Waals surface area contributed by atoms with Crippen molar-refractivity contribution >= 4 is 40.3 Å². The highest BCUT2D eigenvalue weighted by molar-refractivity contribution is 7.18. The Bertz CT molecular complexity index is 975. The highest BCUT2D eigenvalue weighted by Gasteiger charge is 2.27. The van der Waals surface area contributed by atoms with Gasteiger partial charge in [0.25, 0.3) is 0 Å². The second-order valence-electron chi connectivity index (χ2n) is 6.19. The minimum Gasteiger partial charge on any atom is -0.494 e. The molecule has 7 nitrogen and oxygen atoms in total. The van der Waals surface area contributed by atoms with Crippen molar-refractivity contribution in [2.75, 3.05) is 25.1 Å². The van der Waals surface area contributed by atoms with Crippen molar-refractivity contribution in [1.29, 1.82) is 0 Å². The van der Waals surface area contributed by atoms with E-state index in [2.05, 4.69) is 11.9 Å². The summed E-state index contributed by atoms with van der Waals surface area (Å²) in [6.45, 7) is 9.47. The first-order valence-corrected chi connectivity index (χ1v) is 10.5. The van der Waals surface area contributed by atoms with Crippen molar-refractivity contribution in [3.8, 4) is 5.75 Å². The number of carbonyl (C=O) groups excluding carboxylic acids is 3. The highest BCUT2D eigenvalue weighted by Crippen LogP contribution is 2.34. The first-order chi connectivity index (χ1) is 14.9. The van der Waals surface area contributed by atoms with Crippen LogP contribution >= 0.6 is 11.3 Å². The molecule has 8 heteroatoms. The molecule has 0 radical (unpaired) electrons. The molecular formula is C23H25NO6S. The van der Waals surface area contributed by atoms with Crippen LogP contribution in [0.25, 0.3) is 6.08 Å². The van der Waals surface area contributed by atoms with E-state index in [0.29, 0.717) is 12.2 Å². The molecule has 0 unspecified atom stereocenters. The largest absolute Gasteiger partial charge is 0.494 e. The summed E-state index contributed by atoms with van der Waals surface area (Å²) in [4.78, 5) is 37.4. The van der Waals surface area contributed by atoms with Crippen LogP contribution in [-0.4, -0.2) is 37.7 Å². The maximum Gasteiger partial charge on any atom is 0.348 e. The summed E-state index contributed by atoms with van der Waals surface area (Å²) < 4.78 is 15.5. The zero-order valence-electron chi connectivity index (χ0n) is 17.7. The molecule has 31 heavy (non-hydrogen) atoms. The molecule has 0 aliphatic carbocycles. The molecule has 1 amide bonds. The molecule has 0 bridgehead atoms. The molecule has 0 saturated heterocycles. The van der Waals surface area contributed by atoms with Gasteiger partial charge >= 0.3 is 11.9 Å². The van der Waals surface area contributed by atoms with E-state index in [1.807, 2.05) is 31.2 Å². The van der Waals surface area contributed by atoms with Crippen LogP contribution in [0.1, 0.15) is 45.0 Å². The molecule has 2 rings (SSSR count). The van der Waals surface area contributed by atoms with Crippen molar-refractivity contribution in [1.82, 2.24) is 0 Å². The lowest BCUT2D eigenvalue weighted by Crippen LogP contribution is -2.13. The maximum atomic E-state index is 12.5. The van der Waals surface area contributed by atoms with Gasteiger partial charge in [0.15, 0.2) is 0 Å². The molecule has 2 aromatic rings. The van der Waals surface area contributed by atoms with Gasteiger partial charge in [-0.05, 0) is 50.1 Å². The molecule has 0 saturated carbocycles. The molecule has 1 aromatic heterocycles. The Morgan fingerprint density at radius 2 is 1.77 bits per heavy atom. The topological polar surface area (TPSA) is 90.9 Å². The highest BCUT2D eigenvalue weighted by atomic mass is 32.1. The van der Waals surface area contributed by atoms with Gasteiger partial charge in [0.2, 0.25) is 5.91 Å². The Morgan fingerprint density at radius 3 is 2.39 bits per heavy atom. The Hall–Kier alpha value is -3.39. The number of hydrogen-bond donors (Lipinski definition) is 1. The van der Waals surface area contributed by atoms with E-state index in [0.717, 1.165) is 22.6 Å². The molecule has 0 aliphatic heterocycles. The Morgan fingerprint density at radius 1 is 1.06 bits per heavy atom. The van der Waals surface area contributed by atoms with Crippen LogP contribution in [0.3, 0.4) is 0 Å². The minimum atomic E-state index is -0.621. The Kier molecular flexibility index (Phi) is 9.02. The van der Waals surface area contributed by atoms with Crippen molar-refractivity contribution in [2.45, 2.75) is 20.8 Å². The number of ether oxygens (including phenoxy) is 3. The number of amides is 1. The third-order valence-corrected chi connectivity index (χ3v) is 5.19. The van der Waals surface area contributed by atoms with Crippen LogP contribution in [0.4, 0.5) is 5.00 Å². The predicted molar refractivity (Wildman–Crippen MR) is 121 cm³/mol. The average Bonchev–Trinajstić information content (AvgIpc) is 3.07. The van der Waals surface area contributed by atoms with Gasteiger partial charge in [-0.1, -0.05) is 24.8 Å². The van der Waals surface area contributed by atoms with E-state index in [-0.39, 0.29) is 28.7 Å². The van der Waals surface area contributed by atoms with Crippen molar-refractivity contribution < 1.29 is 28.6 Å². The fourth-order valence-corrected chi connectivity index (χ4v) is 3.70. The van der Waals surface area contributed by atoms with Crippen LogP contribution in [0.5, 0.6) is 5.75 Å². The molecule has 0 atom stereocenters. The standard InChI is InChI=1S/C23H25NO6S/c1-5-14-30-23(27)20-15(4)19(22(26)29-7-3)21(31-20)24-18(25)13-10-16-8-11-17(12-9-16)28-6-2/h5,8-13H,1,6-7,14H2,2-4H3,(H,24,25)/b13-10+.